The van der Waals surface area contributed by atoms with Crippen LogP contribution in [0.4, 0.5) is 0 Å². The summed E-state index contributed by atoms with van der Waals surface area (Å²) < 4.78 is 0. The van der Waals surface area contributed by atoms with E-state index in [-0.39, 0.29) is 0 Å². The summed E-state index contributed by atoms with van der Waals surface area (Å²) >= 11 is 1.74. The first-order valence-electron chi connectivity index (χ1n) is 7.40. The summed E-state index contributed by atoms with van der Waals surface area (Å²) in [5.74, 6) is 0. The lowest BCUT2D eigenvalue weighted by atomic mass is 10.1. The maximum Gasteiger partial charge on any atom is 0.101 e. The molecule has 0 spiro atoms. The van der Waals surface area contributed by atoms with Crippen LogP contribution in [-0.2, 0) is 6.54 Å². The zero-order valence-electron chi connectivity index (χ0n) is 13.5. The van der Waals surface area contributed by atoms with Gasteiger partial charge in [0.2, 0.25) is 0 Å². The van der Waals surface area contributed by atoms with Crippen molar-refractivity contribution in [3.8, 4) is 0 Å². The highest BCUT2D eigenvalue weighted by Crippen LogP contribution is 2.30. The Morgan fingerprint density at radius 2 is 1.86 bits per heavy atom. The van der Waals surface area contributed by atoms with E-state index in [2.05, 4.69) is 68.3 Å². The quantitative estimate of drug-likeness (QED) is 0.869. The molecule has 0 bridgehead atoms. The third-order valence-corrected chi connectivity index (χ3v) is 4.34. The Bertz CT molecular complexity index is 600. The van der Waals surface area contributed by atoms with Crippen LogP contribution in [0.25, 0.3) is 0 Å². The van der Waals surface area contributed by atoms with E-state index in [9.17, 15) is 0 Å². The van der Waals surface area contributed by atoms with Crippen molar-refractivity contribution in [3.05, 3.63) is 52.7 Å². The molecular formula is C18H24N2S. The Labute approximate surface area is 132 Å². The number of hydrogen-bond donors (Lipinski definition) is 1. The number of rotatable bonds is 5. The van der Waals surface area contributed by atoms with Gasteiger partial charge in [-0.05, 0) is 55.7 Å². The van der Waals surface area contributed by atoms with Crippen molar-refractivity contribution in [1.82, 2.24) is 10.3 Å². The summed E-state index contributed by atoms with van der Waals surface area (Å²) in [5.41, 5.74) is 4.98. The number of aryl methyl sites for hydroxylation is 3. The molecule has 2 rings (SSSR count). The molecule has 0 saturated carbocycles. The summed E-state index contributed by atoms with van der Waals surface area (Å²) in [6, 6.07) is 11.4. The lowest BCUT2D eigenvalue weighted by Gasteiger charge is -2.11. The Hall–Kier alpha value is -1.32. The number of nitrogens with zero attached hydrogens (tertiary/aromatic N) is 1. The molecule has 1 aromatic heterocycles. The fourth-order valence-electron chi connectivity index (χ4n) is 2.23. The van der Waals surface area contributed by atoms with Crippen molar-refractivity contribution in [3.63, 3.8) is 0 Å². The maximum absolute atomic E-state index is 4.60. The average molecular weight is 300 g/mol. The number of nitrogens with one attached hydrogen (secondary N) is 1. The van der Waals surface area contributed by atoms with Crippen molar-refractivity contribution in [2.24, 2.45) is 0 Å². The molecular weight excluding hydrogens is 276 g/mol. The molecule has 0 aliphatic rings. The normalized spacial score (nSPS) is 11.1. The molecule has 0 fully saturated rings. The van der Waals surface area contributed by atoms with Crippen LogP contribution in [-0.4, -0.2) is 11.0 Å². The Morgan fingerprint density at radius 1 is 1.10 bits per heavy atom. The zero-order chi connectivity index (χ0) is 15.4. The van der Waals surface area contributed by atoms with Gasteiger partial charge in [-0.25, -0.2) is 4.98 Å². The molecule has 1 heterocycles. The van der Waals surface area contributed by atoms with Crippen LogP contribution in [0.15, 0.2) is 40.3 Å². The van der Waals surface area contributed by atoms with E-state index < -0.39 is 0 Å². The van der Waals surface area contributed by atoms with E-state index in [1.165, 1.54) is 21.6 Å². The summed E-state index contributed by atoms with van der Waals surface area (Å²) in [6.45, 7) is 11.6. The highest BCUT2D eigenvalue weighted by molar-refractivity contribution is 7.99. The smallest absolute Gasteiger partial charge is 0.101 e. The first kappa shape index (κ1) is 16.1. The summed E-state index contributed by atoms with van der Waals surface area (Å²) in [5, 5.41) is 4.53. The van der Waals surface area contributed by atoms with E-state index in [0.29, 0.717) is 6.04 Å². The predicted molar refractivity (Wildman–Crippen MR) is 91.0 cm³/mol. The van der Waals surface area contributed by atoms with Crippen molar-refractivity contribution >= 4 is 11.8 Å². The van der Waals surface area contributed by atoms with Gasteiger partial charge in [-0.2, -0.15) is 0 Å². The van der Waals surface area contributed by atoms with Gasteiger partial charge in [-0.1, -0.05) is 37.7 Å². The third kappa shape index (κ3) is 4.87. The highest BCUT2D eigenvalue weighted by atomic mass is 32.2. The minimum Gasteiger partial charge on any atom is -0.310 e. The molecule has 0 radical (unpaired) electrons. The van der Waals surface area contributed by atoms with Gasteiger partial charge >= 0.3 is 0 Å². The van der Waals surface area contributed by atoms with Gasteiger partial charge in [0.25, 0.3) is 0 Å². The molecule has 2 nitrogen and oxygen atoms in total. The van der Waals surface area contributed by atoms with Gasteiger partial charge in [0.05, 0.1) is 0 Å². The minimum atomic E-state index is 0.513. The first-order valence-corrected chi connectivity index (χ1v) is 8.22. The molecule has 0 saturated heterocycles. The van der Waals surface area contributed by atoms with Gasteiger partial charge in [0.1, 0.15) is 5.03 Å². The standard InChI is InChI=1S/C18H24N2S/c1-12(2)19-11-16-6-7-17(14(4)10-16)21-18-9-13(3)8-15(5)20-18/h6-10,12,19H,11H2,1-5H3. The van der Waals surface area contributed by atoms with Gasteiger partial charge in [-0.3, -0.25) is 0 Å². The van der Waals surface area contributed by atoms with Crippen molar-refractivity contribution in [2.45, 2.75) is 57.1 Å². The van der Waals surface area contributed by atoms with Crippen molar-refractivity contribution < 1.29 is 0 Å². The SMILES string of the molecule is Cc1cc(C)nc(Sc2ccc(CNC(C)C)cc2C)c1. The van der Waals surface area contributed by atoms with Crippen LogP contribution in [0.2, 0.25) is 0 Å². The number of benzene rings is 1. The molecule has 2 aromatic rings. The monoisotopic (exact) mass is 300 g/mol. The van der Waals surface area contributed by atoms with Gasteiger partial charge in [0, 0.05) is 23.2 Å². The fourth-order valence-corrected chi connectivity index (χ4v) is 3.24. The van der Waals surface area contributed by atoms with Crippen molar-refractivity contribution in [2.75, 3.05) is 0 Å². The topological polar surface area (TPSA) is 24.9 Å². The second kappa shape index (κ2) is 7.10. The Kier molecular flexibility index (Phi) is 5.43. The third-order valence-electron chi connectivity index (χ3n) is 3.24. The van der Waals surface area contributed by atoms with Crippen LogP contribution in [0.3, 0.4) is 0 Å². The van der Waals surface area contributed by atoms with Crippen LogP contribution < -0.4 is 5.32 Å². The minimum absolute atomic E-state index is 0.513. The largest absolute Gasteiger partial charge is 0.310 e. The van der Waals surface area contributed by atoms with Crippen LogP contribution in [0, 0.1) is 20.8 Å². The van der Waals surface area contributed by atoms with E-state index >= 15 is 0 Å². The fraction of sp³-hybridized carbons (Fsp3) is 0.389. The lowest BCUT2D eigenvalue weighted by Crippen LogP contribution is -2.21. The van der Waals surface area contributed by atoms with E-state index in [4.69, 9.17) is 0 Å². The maximum atomic E-state index is 4.60. The second-order valence-corrected chi connectivity index (χ2v) is 6.92. The molecule has 0 aliphatic heterocycles. The summed E-state index contributed by atoms with van der Waals surface area (Å²) in [4.78, 5) is 5.88. The number of hydrogen-bond acceptors (Lipinski definition) is 3. The molecule has 112 valence electrons. The lowest BCUT2D eigenvalue weighted by molar-refractivity contribution is 0.588. The van der Waals surface area contributed by atoms with E-state index in [1.807, 2.05) is 6.92 Å². The first-order chi connectivity index (χ1) is 9.94. The molecule has 0 unspecified atom stereocenters. The second-order valence-electron chi connectivity index (χ2n) is 5.86. The number of aromatic nitrogens is 1. The van der Waals surface area contributed by atoms with Gasteiger partial charge in [-0.15, -0.1) is 0 Å². The van der Waals surface area contributed by atoms with Gasteiger partial charge < -0.3 is 5.32 Å². The molecule has 1 N–H and O–H groups in total. The van der Waals surface area contributed by atoms with Gasteiger partial charge in [0.15, 0.2) is 0 Å². The van der Waals surface area contributed by atoms with E-state index in [0.717, 1.165) is 17.3 Å². The summed E-state index contributed by atoms with van der Waals surface area (Å²) in [7, 11) is 0. The molecule has 3 heteroatoms. The van der Waals surface area contributed by atoms with Crippen LogP contribution >= 0.6 is 11.8 Å². The predicted octanol–water partition coefficient (Wildman–Crippen LogP) is 4.66. The average Bonchev–Trinajstić information content (AvgIpc) is 2.38. The van der Waals surface area contributed by atoms with Crippen molar-refractivity contribution in [1.29, 1.82) is 0 Å². The molecule has 21 heavy (non-hydrogen) atoms. The Balaban J connectivity index is 2.13. The Morgan fingerprint density at radius 3 is 2.48 bits per heavy atom. The van der Waals surface area contributed by atoms with E-state index in [1.54, 1.807) is 11.8 Å². The number of pyridine rings is 1. The molecule has 0 atom stereocenters. The summed E-state index contributed by atoms with van der Waals surface area (Å²) in [6.07, 6.45) is 0. The van der Waals surface area contributed by atoms with Crippen LogP contribution in [0.5, 0.6) is 0 Å². The zero-order valence-corrected chi connectivity index (χ0v) is 14.3. The van der Waals surface area contributed by atoms with Crippen LogP contribution in [0.1, 0.15) is 36.2 Å². The molecule has 0 amide bonds. The molecule has 1 aromatic carbocycles. The molecule has 0 aliphatic carbocycles. The highest BCUT2D eigenvalue weighted by Gasteiger charge is 2.05.